The van der Waals surface area contributed by atoms with Crippen molar-refractivity contribution in [1.29, 1.82) is 0 Å². The molecule has 1 N–H and O–H groups in total. The van der Waals surface area contributed by atoms with Crippen molar-refractivity contribution < 1.29 is 9.90 Å². The van der Waals surface area contributed by atoms with Gasteiger partial charge in [-0.05, 0) is 12.8 Å². The minimum Gasteiger partial charge on any atom is -0.396 e. The van der Waals surface area contributed by atoms with Crippen LogP contribution < -0.4 is 0 Å². The highest BCUT2D eigenvalue weighted by molar-refractivity contribution is 5.49. The molecule has 0 aliphatic carbocycles. The SMILES string of the molecule is C=C(CCO)CCC=O. The van der Waals surface area contributed by atoms with Gasteiger partial charge in [0.05, 0.1) is 0 Å². The van der Waals surface area contributed by atoms with Crippen LogP contribution in [0.25, 0.3) is 0 Å². The summed E-state index contributed by atoms with van der Waals surface area (Å²) in [5, 5.41) is 8.39. The Morgan fingerprint density at radius 1 is 1.56 bits per heavy atom. The Hall–Kier alpha value is -0.630. The fourth-order valence-corrected chi connectivity index (χ4v) is 0.546. The average Bonchev–Trinajstić information content (AvgIpc) is 1.85. The molecule has 2 nitrogen and oxygen atoms in total. The van der Waals surface area contributed by atoms with Crippen molar-refractivity contribution in [2.24, 2.45) is 0 Å². The first-order valence-corrected chi connectivity index (χ1v) is 3.02. The fourth-order valence-electron chi connectivity index (χ4n) is 0.546. The van der Waals surface area contributed by atoms with E-state index in [0.717, 1.165) is 11.9 Å². The van der Waals surface area contributed by atoms with Gasteiger partial charge < -0.3 is 9.90 Å². The van der Waals surface area contributed by atoms with Crippen molar-refractivity contribution in [3.63, 3.8) is 0 Å². The van der Waals surface area contributed by atoms with E-state index in [1.807, 2.05) is 0 Å². The first-order valence-electron chi connectivity index (χ1n) is 3.02. The maximum absolute atomic E-state index is 9.81. The molecule has 0 aromatic rings. The minimum absolute atomic E-state index is 0.137. The number of hydrogen-bond donors (Lipinski definition) is 1. The topological polar surface area (TPSA) is 37.3 Å². The molecule has 0 rings (SSSR count). The number of aliphatic hydroxyl groups is 1. The van der Waals surface area contributed by atoms with Crippen LogP contribution in [0.2, 0.25) is 0 Å². The van der Waals surface area contributed by atoms with Crippen LogP contribution in [0.4, 0.5) is 0 Å². The van der Waals surface area contributed by atoms with Crippen LogP contribution in [0.3, 0.4) is 0 Å². The summed E-state index contributed by atoms with van der Waals surface area (Å²) in [5.41, 5.74) is 0.949. The summed E-state index contributed by atoms with van der Waals surface area (Å²) in [6.45, 7) is 3.80. The van der Waals surface area contributed by atoms with Crippen LogP contribution >= 0.6 is 0 Å². The van der Waals surface area contributed by atoms with Crippen LogP contribution in [-0.2, 0) is 4.79 Å². The molecule has 0 radical (unpaired) electrons. The Balaban J connectivity index is 3.16. The lowest BCUT2D eigenvalue weighted by molar-refractivity contribution is -0.107. The molecule has 0 spiro atoms. The van der Waals surface area contributed by atoms with Crippen molar-refractivity contribution in [3.05, 3.63) is 12.2 Å². The molecule has 2 heteroatoms. The molecule has 9 heavy (non-hydrogen) atoms. The Kier molecular flexibility index (Phi) is 5.12. The summed E-state index contributed by atoms with van der Waals surface area (Å²) in [5.74, 6) is 0. The summed E-state index contributed by atoms with van der Waals surface area (Å²) < 4.78 is 0. The van der Waals surface area contributed by atoms with Gasteiger partial charge in [-0.3, -0.25) is 0 Å². The van der Waals surface area contributed by atoms with Crippen LogP contribution in [0.5, 0.6) is 0 Å². The number of carbonyl (C=O) groups excluding carboxylic acids is 1. The van der Waals surface area contributed by atoms with E-state index in [1.165, 1.54) is 0 Å². The molecule has 0 aromatic heterocycles. The smallest absolute Gasteiger partial charge is 0.120 e. The predicted octanol–water partition coefficient (Wildman–Crippen LogP) is 0.904. The first kappa shape index (κ1) is 8.37. The molecular formula is C7H12O2. The normalized spacial score (nSPS) is 9.00. The first-order chi connectivity index (χ1) is 4.31. The highest BCUT2D eigenvalue weighted by Gasteiger charge is 1.90. The summed E-state index contributed by atoms with van der Waals surface area (Å²) in [4.78, 5) is 9.81. The molecule has 0 fully saturated rings. The quantitative estimate of drug-likeness (QED) is 0.441. The van der Waals surface area contributed by atoms with E-state index >= 15 is 0 Å². The van der Waals surface area contributed by atoms with Crippen molar-refractivity contribution in [2.45, 2.75) is 19.3 Å². The van der Waals surface area contributed by atoms with Gasteiger partial charge in [-0.15, -0.1) is 0 Å². The molecule has 52 valence electrons. The molecule has 0 heterocycles. The van der Waals surface area contributed by atoms with Crippen molar-refractivity contribution in [3.8, 4) is 0 Å². The highest BCUT2D eigenvalue weighted by atomic mass is 16.2. The molecule has 0 unspecified atom stereocenters. The number of aldehydes is 1. The fraction of sp³-hybridized carbons (Fsp3) is 0.571. The number of hydrogen-bond acceptors (Lipinski definition) is 2. The van der Waals surface area contributed by atoms with Crippen LogP contribution in [-0.4, -0.2) is 18.0 Å². The third kappa shape index (κ3) is 5.24. The zero-order valence-corrected chi connectivity index (χ0v) is 5.47. The Morgan fingerprint density at radius 2 is 2.22 bits per heavy atom. The van der Waals surface area contributed by atoms with E-state index < -0.39 is 0 Å². The van der Waals surface area contributed by atoms with E-state index in [0.29, 0.717) is 19.3 Å². The van der Waals surface area contributed by atoms with Gasteiger partial charge in [0.1, 0.15) is 6.29 Å². The molecule has 0 amide bonds. The Bertz CT molecular complexity index is 97.1. The lowest BCUT2D eigenvalue weighted by Crippen LogP contribution is -1.87. The van der Waals surface area contributed by atoms with Crippen LogP contribution in [0.1, 0.15) is 19.3 Å². The van der Waals surface area contributed by atoms with Gasteiger partial charge in [0, 0.05) is 13.0 Å². The number of aliphatic hydroxyl groups excluding tert-OH is 1. The molecule has 0 saturated carbocycles. The molecule has 0 aliphatic rings. The van der Waals surface area contributed by atoms with Crippen molar-refractivity contribution in [2.75, 3.05) is 6.61 Å². The molecule has 0 aromatic carbocycles. The van der Waals surface area contributed by atoms with E-state index in [-0.39, 0.29) is 6.61 Å². The molecular weight excluding hydrogens is 116 g/mol. The van der Waals surface area contributed by atoms with Crippen molar-refractivity contribution in [1.82, 2.24) is 0 Å². The predicted molar refractivity (Wildman–Crippen MR) is 36.1 cm³/mol. The van der Waals surface area contributed by atoms with E-state index in [1.54, 1.807) is 0 Å². The zero-order valence-electron chi connectivity index (χ0n) is 5.47. The van der Waals surface area contributed by atoms with Gasteiger partial charge >= 0.3 is 0 Å². The summed E-state index contributed by atoms with van der Waals surface area (Å²) in [6, 6.07) is 0. The molecule has 0 aliphatic heterocycles. The van der Waals surface area contributed by atoms with Gasteiger partial charge in [-0.1, -0.05) is 12.2 Å². The van der Waals surface area contributed by atoms with Gasteiger partial charge in [0.25, 0.3) is 0 Å². The minimum atomic E-state index is 0.137. The third-order valence-corrected chi connectivity index (χ3v) is 1.08. The summed E-state index contributed by atoms with van der Waals surface area (Å²) in [6.07, 6.45) is 2.72. The van der Waals surface area contributed by atoms with E-state index in [2.05, 4.69) is 6.58 Å². The maximum atomic E-state index is 9.81. The lowest BCUT2D eigenvalue weighted by atomic mass is 10.1. The van der Waals surface area contributed by atoms with E-state index in [9.17, 15) is 4.79 Å². The third-order valence-electron chi connectivity index (χ3n) is 1.08. The average molecular weight is 128 g/mol. The second-order valence-corrected chi connectivity index (χ2v) is 1.93. The van der Waals surface area contributed by atoms with Crippen LogP contribution in [0, 0.1) is 0 Å². The number of rotatable bonds is 5. The van der Waals surface area contributed by atoms with Crippen molar-refractivity contribution >= 4 is 6.29 Å². The highest BCUT2D eigenvalue weighted by Crippen LogP contribution is 2.03. The largest absolute Gasteiger partial charge is 0.396 e. The maximum Gasteiger partial charge on any atom is 0.120 e. The second-order valence-electron chi connectivity index (χ2n) is 1.93. The summed E-state index contributed by atoms with van der Waals surface area (Å²) in [7, 11) is 0. The molecule has 0 atom stereocenters. The standard InChI is InChI=1S/C7H12O2/c1-7(4-6-9)3-2-5-8/h5,9H,1-4,6H2. The van der Waals surface area contributed by atoms with E-state index in [4.69, 9.17) is 5.11 Å². The molecule has 0 bridgehead atoms. The van der Waals surface area contributed by atoms with Gasteiger partial charge in [0.2, 0.25) is 0 Å². The van der Waals surface area contributed by atoms with Gasteiger partial charge in [-0.2, -0.15) is 0 Å². The zero-order chi connectivity index (χ0) is 7.11. The monoisotopic (exact) mass is 128 g/mol. The lowest BCUT2D eigenvalue weighted by Gasteiger charge is -1.97. The molecule has 0 saturated heterocycles. The number of carbonyl (C=O) groups is 1. The van der Waals surface area contributed by atoms with Gasteiger partial charge in [-0.25, -0.2) is 0 Å². The van der Waals surface area contributed by atoms with Gasteiger partial charge in [0.15, 0.2) is 0 Å². The summed E-state index contributed by atoms with van der Waals surface area (Å²) >= 11 is 0. The van der Waals surface area contributed by atoms with Crippen LogP contribution in [0.15, 0.2) is 12.2 Å². The second kappa shape index (κ2) is 5.51. The Labute approximate surface area is 55.2 Å². The Morgan fingerprint density at radius 3 is 2.67 bits per heavy atom.